The molecule has 1 aliphatic heterocycles. The second-order valence-electron chi connectivity index (χ2n) is 9.21. The Morgan fingerprint density at radius 3 is 2.56 bits per heavy atom. The maximum Gasteiger partial charge on any atom is 0.269 e. The number of anilines is 1. The van der Waals surface area contributed by atoms with Gasteiger partial charge in [-0.25, -0.2) is 0 Å². The van der Waals surface area contributed by atoms with E-state index in [9.17, 15) is 14.9 Å². The van der Waals surface area contributed by atoms with Gasteiger partial charge in [-0.3, -0.25) is 14.9 Å². The van der Waals surface area contributed by atoms with E-state index in [1.807, 2.05) is 12.1 Å². The Labute approximate surface area is 187 Å². The number of nitrogens with one attached hydrogen (secondary N) is 1. The van der Waals surface area contributed by atoms with Crippen LogP contribution in [0.15, 0.2) is 42.5 Å². The largest absolute Gasteiger partial charge is 0.497 e. The topological polar surface area (TPSA) is 84.7 Å². The number of fused-ring (bicyclic) bond motifs is 3. The van der Waals surface area contributed by atoms with E-state index in [1.54, 1.807) is 19.2 Å². The molecule has 32 heavy (non-hydrogen) atoms. The molecule has 3 aliphatic rings. The summed E-state index contributed by atoms with van der Waals surface area (Å²) in [7, 11) is 1.66. The third kappa shape index (κ3) is 3.22. The first kappa shape index (κ1) is 20.8. The van der Waals surface area contributed by atoms with Crippen molar-refractivity contribution >= 4 is 17.3 Å². The first-order chi connectivity index (χ1) is 15.5. The summed E-state index contributed by atoms with van der Waals surface area (Å²) in [5.74, 6) is 1.02. The Morgan fingerprint density at radius 1 is 1.12 bits per heavy atom. The summed E-state index contributed by atoms with van der Waals surface area (Å²) in [5.41, 5.74) is 2.30. The second kappa shape index (κ2) is 8.11. The average molecular weight is 436 g/mol. The molecule has 2 unspecified atom stereocenters. The minimum Gasteiger partial charge on any atom is -0.497 e. The number of ether oxygens (including phenoxy) is 1. The van der Waals surface area contributed by atoms with Crippen LogP contribution in [0.4, 0.5) is 11.4 Å². The number of nitro groups is 1. The van der Waals surface area contributed by atoms with Gasteiger partial charge in [-0.15, -0.1) is 0 Å². The van der Waals surface area contributed by atoms with Gasteiger partial charge in [-0.1, -0.05) is 25.3 Å². The number of hydrogen-bond acceptors (Lipinski definition) is 5. The number of rotatable bonds is 5. The number of nitro benzene ring substituents is 1. The number of nitrogens with zero attached hydrogens (tertiary/aromatic N) is 2. The van der Waals surface area contributed by atoms with Crippen LogP contribution in [-0.4, -0.2) is 30.5 Å². The van der Waals surface area contributed by atoms with Crippen LogP contribution in [0.1, 0.15) is 49.7 Å². The molecule has 2 fully saturated rings. The molecule has 2 atom stereocenters. The number of methoxy groups -OCH3 is 1. The van der Waals surface area contributed by atoms with Gasteiger partial charge in [0.1, 0.15) is 11.3 Å². The maximum absolute atomic E-state index is 14.1. The van der Waals surface area contributed by atoms with Crippen molar-refractivity contribution in [1.82, 2.24) is 5.32 Å². The molecule has 5 rings (SSSR count). The molecule has 1 saturated carbocycles. The van der Waals surface area contributed by atoms with Crippen LogP contribution >= 0.6 is 0 Å². The molecule has 1 saturated heterocycles. The zero-order chi connectivity index (χ0) is 22.3. The molecule has 0 bridgehead atoms. The third-order valence-corrected chi connectivity index (χ3v) is 7.57. The molecule has 0 aromatic heterocycles. The monoisotopic (exact) mass is 435 g/mol. The SMILES string of the molecule is COc1ccc2c(c1)CC1CCN(c3ccc([N+](=O)[O-])cc3)C21C(=O)NC1CCCCC1. The summed E-state index contributed by atoms with van der Waals surface area (Å²) < 4.78 is 5.45. The quantitative estimate of drug-likeness (QED) is 0.558. The summed E-state index contributed by atoms with van der Waals surface area (Å²) in [6.45, 7) is 0.742. The Morgan fingerprint density at radius 2 is 1.88 bits per heavy atom. The first-order valence-corrected chi connectivity index (χ1v) is 11.5. The highest BCUT2D eigenvalue weighted by Gasteiger charge is 2.60. The van der Waals surface area contributed by atoms with Gasteiger partial charge in [0.15, 0.2) is 0 Å². The summed E-state index contributed by atoms with van der Waals surface area (Å²) in [4.78, 5) is 27.0. The molecule has 2 aliphatic carbocycles. The predicted octanol–water partition coefficient (Wildman–Crippen LogP) is 4.33. The number of non-ortho nitro benzene ring substituents is 1. The molecule has 0 radical (unpaired) electrons. The van der Waals surface area contributed by atoms with Crippen molar-refractivity contribution in [2.24, 2.45) is 5.92 Å². The van der Waals surface area contributed by atoms with Crippen LogP contribution in [-0.2, 0) is 16.8 Å². The van der Waals surface area contributed by atoms with Crippen LogP contribution in [0.2, 0.25) is 0 Å². The minimum atomic E-state index is -0.796. The lowest BCUT2D eigenvalue weighted by Gasteiger charge is -2.41. The zero-order valence-electron chi connectivity index (χ0n) is 18.4. The minimum absolute atomic E-state index is 0.0572. The highest BCUT2D eigenvalue weighted by atomic mass is 16.6. The highest BCUT2D eigenvalue weighted by molar-refractivity contribution is 5.94. The van der Waals surface area contributed by atoms with E-state index in [4.69, 9.17) is 4.74 Å². The average Bonchev–Trinajstić information content (AvgIpc) is 3.34. The van der Waals surface area contributed by atoms with Crippen LogP contribution in [0, 0.1) is 16.0 Å². The number of benzene rings is 2. The van der Waals surface area contributed by atoms with E-state index in [1.165, 1.54) is 18.6 Å². The van der Waals surface area contributed by atoms with Crippen molar-refractivity contribution in [1.29, 1.82) is 0 Å². The second-order valence-corrected chi connectivity index (χ2v) is 9.21. The van der Waals surface area contributed by atoms with Gasteiger partial charge in [-0.2, -0.15) is 0 Å². The smallest absolute Gasteiger partial charge is 0.269 e. The lowest BCUT2D eigenvalue weighted by atomic mass is 9.82. The zero-order valence-corrected chi connectivity index (χ0v) is 18.4. The van der Waals surface area contributed by atoms with Crippen molar-refractivity contribution in [2.75, 3.05) is 18.6 Å². The lowest BCUT2D eigenvalue weighted by Crippen LogP contribution is -2.57. The summed E-state index contributed by atoms with van der Waals surface area (Å²) in [6.07, 6.45) is 7.32. The number of carbonyl (C=O) groups excluding carboxylic acids is 1. The molecule has 7 heteroatoms. The lowest BCUT2D eigenvalue weighted by molar-refractivity contribution is -0.384. The van der Waals surface area contributed by atoms with Crippen molar-refractivity contribution in [3.05, 3.63) is 63.7 Å². The van der Waals surface area contributed by atoms with E-state index in [2.05, 4.69) is 16.3 Å². The standard InChI is InChI=1S/C25H29N3O4/c1-32-22-11-12-23-17(16-22)15-18-13-14-27(20-7-9-21(10-8-20)28(30)31)25(18,23)24(29)26-19-5-3-2-4-6-19/h7-12,16,18-19H,2-6,13-15H2,1H3,(H,26,29). The molecule has 2 aromatic carbocycles. The van der Waals surface area contributed by atoms with Gasteiger partial charge in [0.05, 0.1) is 12.0 Å². The molecule has 1 heterocycles. The normalized spacial score (nSPS) is 24.7. The fourth-order valence-corrected chi connectivity index (χ4v) is 6.07. The summed E-state index contributed by atoms with van der Waals surface area (Å²) in [6, 6.07) is 12.8. The van der Waals surface area contributed by atoms with Gasteiger partial charge in [-0.05, 0) is 61.1 Å². The molecule has 168 valence electrons. The first-order valence-electron chi connectivity index (χ1n) is 11.5. The van der Waals surface area contributed by atoms with Gasteiger partial charge in [0, 0.05) is 36.3 Å². The molecule has 0 spiro atoms. The van der Waals surface area contributed by atoms with Gasteiger partial charge >= 0.3 is 0 Å². The fraction of sp³-hybridized carbons (Fsp3) is 0.480. The number of amides is 1. The molecule has 2 aromatic rings. The van der Waals surface area contributed by atoms with Crippen LogP contribution in [0.3, 0.4) is 0 Å². The van der Waals surface area contributed by atoms with Crippen molar-refractivity contribution in [3.63, 3.8) is 0 Å². The van der Waals surface area contributed by atoms with E-state index >= 15 is 0 Å². The Kier molecular flexibility index (Phi) is 5.27. The number of carbonyl (C=O) groups is 1. The Balaban J connectivity index is 1.58. The Hall–Kier alpha value is -3.09. The van der Waals surface area contributed by atoms with E-state index in [0.717, 1.165) is 67.6 Å². The molecular formula is C25H29N3O4. The van der Waals surface area contributed by atoms with Crippen LogP contribution < -0.4 is 15.0 Å². The van der Waals surface area contributed by atoms with Gasteiger partial charge in [0.2, 0.25) is 0 Å². The van der Waals surface area contributed by atoms with Crippen molar-refractivity contribution in [3.8, 4) is 5.75 Å². The van der Waals surface area contributed by atoms with E-state index < -0.39 is 5.54 Å². The molecule has 1 N–H and O–H groups in total. The van der Waals surface area contributed by atoms with Gasteiger partial charge < -0.3 is 15.0 Å². The van der Waals surface area contributed by atoms with Crippen LogP contribution in [0.5, 0.6) is 5.75 Å². The highest BCUT2D eigenvalue weighted by Crippen LogP contribution is 2.54. The van der Waals surface area contributed by atoms with Gasteiger partial charge in [0.25, 0.3) is 11.6 Å². The Bertz CT molecular complexity index is 1030. The predicted molar refractivity (Wildman–Crippen MR) is 122 cm³/mol. The number of hydrogen-bond donors (Lipinski definition) is 1. The summed E-state index contributed by atoms with van der Waals surface area (Å²) >= 11 is 0. The van der Waals surface area contributed by atoms with Crippen molar-refractivity contribution < 1.29 is 14.5 Å². The molecular weight excluding hydrogens is 406 g/mol. The molecule has 7 nitrogen and oxygen atoms in total. The van der Waals surface area contributed by atoms with Crippen LogP contribution in [0.25, 0.3) is 0 Å². The summed E-state index contributed by atoms with van der Waals surface area (Å²) in [5, 5.41) is 14.6. The van der Waals surface area contributed by atoms with E-state index in [-0.39, 0.29) is 28.5 Å². The van der Waals surface area contributed by atoms with Crippen molar-refractivity contribution in [2.45, 2.75) is 56.5 Å². The molecule has 1 amide bonds. The fourth-order valence-electron chi connectivity index (χ4n) is 6.07. The van der Waals surface area contributed by atoms with E-state index in [0.29, 0.717) is 0 Å². The maximum atomic E-state index is 14.1. The third-order valence-electron chi connectivity index (χ3n) is 7.57.